The Bertz CT molecular complexity index is 310. The first kappa shape index (κ1) is 19.7. The van der Waals surface area contributed by atoms with Gasteiger partial charge in [-0.2, -0.15) is 0 Å². The minimum atomic E-state index is -0.488. The first-order valence-corrected chi connectivity index (χ1v) is 8.11. The van der Waals surface area contributed by atoms with Crippen LogP contribution in [-0.2, 0) is 19.1 Å². The summed E-state index contributed by atoms with van der Waals surface area (Å²) in [4.78, 5) is 22.7. The molecule has 1 unspecified atom stereocenters. The fourth-order valence-corrected chi connectivity index (χ4v) is 1.91. The maximum atomic E-state index is 11.4. The summed E-state index contributed by atoms with van der Waals surface area (Å²) < 4.78 is 10.0. The van der Waals surface area contributed by atoms with E-state index in [1.54, 1.807) is 0 Å². The third-order valence-electron chi connectivity index (χ3n) is 3.14. The zero-order valence-electron chi connectivity index (χ0n) is 13.7. The van der Waals surface area contributed by atoms with E-state index in [1.165, 1.54) is 19.3 Å². The highest BCUT2D eigenvalue weighted by molar-refractivity contribution is 5.91. The number of ether oxygens (including phenoxy) is 2. The Morgan fingerprint density at radius 3 is 2.14 bits per heavy atom. The van der Waals surface area contributed by atoms with Crippen molar-refractivity contribution in [2.24, 2.45) is 5.92 Å². The van der Waals surface area contributed by atoms with E-state index in [-0.39, 0.29) is 0 Å². The van der Waals surface area contributed by atoms with Crippen molar-refractivity contribution in [2.45, 2.75) is 65.7 Å². The van der Waals surface area contributed by atoms with Crippen LogP contribution in [0.1, 0.15) is 65.7 Å². The van der Waals surface area contributed by atoms with Crippen LogP contribution in [0, 0.1) is 5.92 Å². The molecule has 0 N–H and O–H groups in total. The van der Waals surface area contributed by atoms with Gasteiger partial charge in [-0.05, 0) is 18.8 Å². The molecule has 122 valence electrons. The standard InChI is InChI=1S/C17H30O4/c1-4-6-7-8-9-13-20-16(18)11-12-17(19)21-14-15(3)10-5-2/h11-12,15H,4-10,13-14H2,1-3H3/b12-11+. The molecule has 0 aromatic rings. The fraction of sp³-hybridized carbons (Fsp3) is 0.765. The molecule has 0 aromatic heterocycles. The first-order valence-electron chi connectivity index (χ1n) is 8.11. The monoisotopic (exact) mass is 298 g/mol. The Hall–Kier alpha value is -1.32. The van der Waals surface area contributed by atoms with Gasteiger partial charge in [0.25, 0.3) is 0 Å². The van der Waals surface area contributed by atoms with Gasteiger partial charge in [0.05, 0.1) is 13.2 Å². The molecule has 0 fully saturated rings. The van der Waals surface area contributed by atoms with E-state index in [0.29, 0.717) is 19.1 Å². The minimum Gasteiger partial charge on any atom is -0.463 e. The molecule has 0 rings (SSSR count). The fourth-order valence-electron chi connectivity index (χ4n) is 1.91. The van der Waals surface area contributed by atoms with Crippen LogP contribution in [0.3, 0.4) is 0 Å². The molecule has 21 heavy (non-hydrogen) atoms. The van der Waals surface area contributed by atoms with E-state index >= 15 is 0 Å². The van der Waals surface area contributed by atoms with E-state index in [2.05, 4.69) is 13.8 Å². The summed E-state index contributed by atoms with van der Waals surface area (Å²) in [5.74, 6) is -0.621. The minimum absolute atomic E-state index is 0.349. The molecule has 0 heterocycles. The van der Waals surface area contributed by atoms with Crippen molar-refractivity contribution in [1.82, 2.24) is 0 Å². The topological polar surface area (TPSA) is 52.6 Å². The Morgan fingerprint density at radius 1 is 0.905 bits per heavy atom. The number of rotatable bonds is 12. The molecule has 0 radical (unpaired) electrons. The van der Waals surface area contributed by atoms with Gasteiger partial charge < -0.3 is 9.47 Å². The predicted molar refractivity (Wildman–Crippen MR) is 83.9 cm³/mol. The van der Waals surface area contributed by atoms with Gasteiger partial charge in [-0.25, -0.2) is 9.59 Å². The van der Waals surface area contributed by atoms with Gasteiger partial charge in [-0.3, -0.25) is 0 Å². The van der Waals surface area contributed by atoms with Crippen LogP contribution in [0.4, 0.5) is 0 Å². The number of carbonyl (C=O) groups excluding carboxylic acids is 2. The van der Waals surface area contributed by atoms with Gasteiger partial charge in [0.15, 0.2) is 0 Å². The molecular weight excluding hydrogens is 268 g/mol. The highest BCUT2D eigenvalue weighted by Crippen LogP contribution is 2.05. The van der Waals surface area contributed by atoms with E-state index < -0.39 is 11.9 Å². The van der Waals surface area contributed by atoms with Crippen LogP contribution in [0.5, 0.6) is 0 Å². The molecule has 1 atom stereocenters. The van der Waals surface area contributed by atoms with Crippen molar-refractivity contribution in [1.29, 1.82) is 0 Å². The van der Waals surface area contributed by atoms with Crippen molar-refractivity contribution >= 4 is 11.9 Å². The number of esters is 2. The van der Waals surface area contributed by atoms with Gasteiger partial charge in [0.2, 0.25) is 0 Å². The third kappa shape index (κ3) is 13.4. The molecule has 4 heteroatoms. The maximum absolute atomic E-state index is 11.4. The van der Waals surface area contributed by atoms with Gasteiger partial charge in [-0.15, -0.1) is 0 Å². The third-order valence-corrected chi connectivity index (χ3v) is 3.14. The predicted octanol–water partition coefficient (Wildman–Crippen LogP) is 4.04. The van der Waals surface area contributed by atoms with E-state index in [9.17, 15) is 9.59 Å². The number of hydrogen-bond donors (Lipinski definition) is 0. The number of hydrogen-bond acceptors (Lipinski definition) is 4. The van der Waals surface area contributed by atoms with E-state index in [1.807, 2.05) is 6.92 Å². The molecule has 4 nitrogen and oxygen atoms in total. The Kier molecular flexibility index (Phi) is 12.8. The molecule has 0 bridgehead atoms. The lowest BCUT2D eigenvalue weighted by atomic mass is 10.1. The van der Waals surface area contributed by atoms with Crippen LogP contribution in [0.25, 0.3) is 0 Å². The number of carbonyl (C=O) groups is 2. The normalized spacial score (nSPS) is 12.3. The molecule has 0 spiro atoms. The van der Waals surface area contributed by atoms with Crippen molar-refractivity contribution < 1.29 is 19.1 Å². The zero-order chi connectivity index (χ0) is 15.9. The lowest BCUT2D eigenvalue weighted by molar-refractivity contribution is -0.141. The molecule has 0 aliphatic rings. The molecular formula is C17H30O4. The largest absolute Gasteiger partial charge is 0.463 e. The van der Waals surface area contributed by atoms with E-state index in [4.69, 9.17) is 9.47 Å². The Labute approximate surface area is 128 Å². The molecule has 0 saturated heterocycles. The van der Waals surface area contributed by atoms with Crippen LogP contribution < -0.4 is 0 Å². The van der Waals surface area contributed by atoms with Crippen LogP contribution in [0.15, 0.2) is 12.2 Å². The van der Waals surface area contributed by atoms with Crippen LogP contribution in [0.2, 0.25) is 0 Å². The van der Waals surface area contributed by atoms with Gasteiger partial charge >= 0.3 is 11.9 Å². The zero-order valence-corrected chi connectivity index (χ0v) is 13.7. The lowest BCUT2D eigenvalue weighted by Gasteiger charge is -2.09. The van der Waals surface area contributed by atoms with Crippen molar-refractivity contribution in [3.63, 3.8) is 0 Å². The van der Waals surface area contributed by atoms with E-state index in [0.717, 1.165) is 37.8 Å². The quantitative estimate of drug-likeness (QED) is 0.310. The highest BCUT2D eigenvalue weighted by Gasteiger charge is 2.05. The molecule has 0 saturated carbocycles. The van der Waals surface area contributed by atoms with Crippen LogP contribution in [-0.4, -0.2) is 25.2 Å². The second kappa shape index (κ2) is 13.7. The molecule has 0 aliphatic carbocycles. The Morgan fingerprint density at radius 2 is 1.52 bits per heavy atom. The molecule has 0 amide bonds. The maximum Gasteiger partial charge on any atom is 0.331 e. The molecule has 0 aliphatic heterocycles. The lowest BCUT2D eigenvalue weighted by Crippen LogP contribution is -2.10. The van der Waals surface area contributed by atoms with Crippen molar-refractivity contribution in [2.75, 3.05) is 13.2 Å². The average Bonchev–Trinajstić information content (AvgIpc) is 2.47. The van der Waals surface area contributed by atoms with Crippen LogP contribution >= 0.6 is 0 Å². The average molecular weight is 298 g/mol. The Balaban J connectivity index is 3.66. The molecule has 0 aromatic carbocycles. The number of unbranched alkanes of at least 4 members (excludes halogenated alkanes) is 4. The smallest absolute Gasteiger partial charge is 0.331 e. The summed E-state index contributed by atoms with van der Waals surface area (Å²) >= 11 is 0. The van der Waals surface area contributed by atoms with Gasteiger partial charge in [0, 0.05) is 12.2 Å². The summed E-state index contributed by atoms with van der Waals surface area (Å²) in [6.45, 7) is 7.09. The first-order chi connectivity index (χ1) is 10.1. The SMILES string of the molecule is CCCCCCCOC(=O)/C=C/C(=O)OCC(C)CCC. The summed E-state index contributed by atoms with van der Waals surface area (Å²) in [7, 11) is 0. The second-order valence-corrected chi connectivity index (χ2v) is 5.44. The van der Waals surface area contributed by atoms with Gasteiger partial charge in [-0.1, -0.05) is 52.9 Å². The van der Waals surface area contributed by atoms with Crippen molar-refractivity contribution in [3.8, 4) is 0 Å². The summed E-state index contributed by atoms with van der Waals surface area (Å²) in [6.07, 6.45) is 9.90. The highest BCUT2D eigenvalue weighted by atomic mass is 16.5. The summed E-state index contributed by atoms with van der Waals surface area (Å²) in [5.41, 5.74) is 0. The van der Waals surface area contributed by atoms with Crippen molar-refractivity contribution in [3.05, 3.63) is 12.2 Å². The summed E-state index contributed by atoms with van der Waals surface area (Å²) in [5, 5.41) is 0. The van der Waals surface area contributed by atoms with Gasteiger partial charge in [0.1, 0.15) is 0 Å². The summed E-state index contributed by atoms with van der Waals surface area (Å²) in [6, 6.07) is 0. The second-order valence-electron chi connectivity index (χ2n) is 5.44.